The maximum absolute atomic E-state index is 12.0. The molecule has 0 radical (unpaired) electrons. The predicted molar refractivity (Wildman–Crippen MR) is 63.6 cm³/mol. The molecule has 0 saturated carbocycles. The van der Waals surface area contributed by atoms with Crippen molar-refractivity contribution in [3.63, 3.8) is 0 Å². The van der Waals surface area contributed by atoms with Crippen LogP contribution in [0.25, 0.3) is 0 Å². The van der Waals surface area contributed by atoms with Crippen LogP contribution in [0.1, 0.15) is 17.3 Å². The summed E-state index contributed by atoms with van der Waals surface area (Å²) >= 11 is 1.44. The second kappa shape index (κ2) is 4.85. The third kappa shape index (κ3) is 2.48. The number of rotatable bonds is 3. The van der Waals surface area contributed by atoms with Gasteiger partial charge in [-0.15, -0.1) is 11.3 Å². The number of hydrogen-bond donors (Lipinski definition) is 2. The number of nitrogens with two attached hydrogens (primary N) is 1. The van der Waals surface area contributed by atoms with Crippen LogP contribution in [0.2, 0.25) is 0 Å². The van der Waals surface area contributed by atoms with Crippen molar-refractivity contribution in [2.75, 3.05) is 13.1 Å². The van der Waals surface area contributed by atoms with Gasteiger partial charge in [0.2, 0.25) is 5.91 Å². The minimum absolute atomic E-state index is 0.184. The summed E-state index contributed by atoms with van der Waals surface area (Å²) in [6.07, 6.45) is 0.512. The molecule has 2 rings (SSSR count). The number of nitrogens with zero attached hydrogens (tertiary/aromatic N) is 1. The normalized spacial score (nSPS) is 21.5. The van der Waals surface area contributed by atoms with E-state index in [2.05, 4.69) is 0 Å². The lowest BCUT2D eigenvalue weighted by molar-refractivity contribution is -0.141. The quantitative estimate of drug-likeness (QED) is 0.831. The topological polar surface area (TPSA) is 83.6 Å². The molecule has 2 unspecified atom stereocenters. The van der Waals surface area contributed by atoms with Crippen LogP contribution < -0.4 is 5.73 Å². The highest BCUT2D eigenvalue weighted by molar-refractivity contribution is 7.10. The van der Waals surface area contributed by atoms with Crippen molar-refractivity contribution in [3.8, 4) is 0 Å². The van der Waals surface area contributed by atoms with Gasteiger partial charge in [-0.1, -0.05) is 6.07 Å². The van der Waals surface area contributed by atoms with Crippen molar-refractivity contribution in [2.45, 2.75) is 12.5 Å². The van der Waals surface area contributed by atoms with Crippen LogP contribution in [-0.2, 0) is 9.59 Å². The molecule has 1 aliphatic rings. The Morgan fingerprint density at radius 3 is 2.88 bits per heavy atom. The van der Waals surface area contributed by atoms with E-state index in [0.29, 0.717) is 13.0 Å². The molecule has 0 bridgehead atoms. The van der Waals surface area contributed by atoms with Crippen LogP contribution in [0.5, 0.6) is 0 Å². The van der Waals surface area contributed by atoms with Gasteiger partial charge < -0.3 is 15.7 Å². The van der Waals surface area contributed by atoms with E-state index >= 15 is 0 Å². The van der Waals surface area contributed by atoms with Crippen LogP contribution in [-0.4, -0.2) is 35.0 Å². The van der Waals surface area contributed by atoms with E-state index in [0.717, 1.165) is 4.88 Å². The Hall–Kier alpha value is -1.40. The molecule has 17 heavy (non-hydrogen) atoms. The zero-order chi connectivity index (χ0) is 12.4. The smallest absolute Gasteiger partial charge is 0.308 e. The molecule has 1 saturated heterocycles. The monoisotopic (exact) mass is 254 g/mol. The van der Waals surface area contributed by atoms with Crippen molar-refractivity contribution in [1.82, 2.24) is 4.90 Å². The fourth-order valence-corrected chi connectivity index (χ4v) is 2.67. The van der Waals surface area contributed by atoms with Gasteiger partial charge in [-0.2, -0.15) is 0 Å². The van der Waals surface area contributed by atoms with Gasteiger partial charge in [-0.05, 0) is 17.9 Å². The number of carbonyl (C=O) groups is 2. The number of amides is 1. The van der Waals surface area contributed by atoms with Gasteiger partial charge in [0, 0.05) is 18.0 Å². The van der Waals surface area contributed by atoms with Crippen LogP contribution in [0, 0.1) is 5.92 Å². The van der Waals surface area contributed by atoms with Gasteiger partial charge in [0.1, 0.15) is 6.04 Å². The molecule has 0 aliphatic carbocycles. The zero-order valence-electron chi connectivity index (χ0n) is 9.20. The van der Waals surface area contributed by atoms with Gasteiger partial charge in [0.15, 0.2) is 0 Å². The maximum Gasteiger partial charge on any atom is 0.308 e. The first kappa shape index (κ1) is 12.1. The molecule has 2 heterocycles. The molecule has 92 valence electrons. The van der Waals surface area contributed by atoms with E-state index < -0.39 is 17.9 Å². The third-order valence-corrected chi connectivity index (χ3v) is 3.92. The Kier molecular flexibility index (Phi) is 3.44. The van der Waals surface area contributed by atoms with Gasteiger partial charge in [-0.3, -0.25) is 9.59 Å². The van der Waals surface area contributed by atoms with Crippen molar-refractivity contribution < 1.29 is 14.7 Å². The second-order valence-electron chi connectivity index (χ2n) is 4.10. The molecular formula is C11H14N2O3S. The third-order valence-electron chi connectivity index (χ3n) is 2.96. The van der Waals surface area contributed by atoms with Crippen molar-refractivity contribution >= 4 is 23.2 Å². The molecule has 1 fully saturated rings. The summed E-state index contributed by atoms with van der Waals surface area (Å²) in [5, 5.41) is 10.7. The van der Waals surface area contributed by atoms with Crippen LogP contribution in [0.4, 0.5) is 0 Å². The Balaban J connectivity index is 2.00. The number of carbonyl (C=O) groups excluding carboxylic acids is 1. The number of hydrogen-bond acceptors (Lipinski definition) is 4. The summed E-state index contributed by atoms with van der Waals surface area (Å²) in [6, 6.07) is 3.00. The van der Waals surface area contributed by atoms with Crippen molar-refractivity contribution in [3.05, 3.63) is 22.4 Å². The summed E-state index contributed by atoms with van der Waals surface area (Å²) in [5.74, 6) is -1.48. The number of aliphatic carboxylic acids is 1. The van der Waals surface area contributed by atoms with E-state index in [1.165, 1.54) is 11.3 Å². The first-order valence-corrected chi connectivity index (χ1v) is 6.28. The van der Waals surface area contributed by atoms with E-state index in [-0.39, 0.29) is 12.5 Å². The SMILES string of the molecule is NC(C(=O)N1CCC(C(=O)O)C1)c1cccs1. The predicted octanol–water partition coefficient (Wildman–Crippen LogP) is 0.681. The molecule has 1 aromatic heterocycles. The lowest BCUT2D eigenvalue weighted by Gasteiger charge is -2.19. The standard InChI is InChI=1S/C11H14N2O3S/c12-9(8-2-1-5-17-8)10(14)13-4-3-7(6-13)11(15)16/h1-2,5,7,9H,3-4,6,12H2,(H,15,16). The lowest BCUT2D eigenvalue weighted by atomic mass is 10.1. The number of likely N-dealkylation sites (tertiary alicyclic amines) is 1. The summed E-state index contributed by atoms with van der Waals surface area (Å²) < 4.78 is 0. The molecular weight excluding hydrogens is 240 g/mol. The largest absolute Gasteiger partial charge is 0.481 e. The first-order valence-electron chi connectivity index (χ1n) is 5.40. The molecule has 1 aliphatic heterocycles. The summed E-state index contributed by atoms with van der Waals surface area (Å²) in [7, 11) is 0. The first-order chi connectivity index (χ1) is 8.09. The molecule has 0 aromatic carbocycles. The minimum Gasteiger partial charge on any atom is -0.481 e. The highest BCUT2D eigenvalue weighted by Crippen LogP contribution is 2.23. The Morgan fingerprint density at radius 1 is 1.59 bits per heavy atom. The molecule has 2 atom stereocenters. The molecule has 3 N–H and O–H groups in total. The van der Waals surface area contributed by atoms with Crippen molar-refractivity contribution in [2.24, 2.45) is 11.7 Å². The van der Waals surface area contributed by atoms with E-state index in [4.69, 9.17) is 10.8 Å². The molecule has 0 spiro atoms. The Bertz CT molecular complexity index is 418. The summed E-state index contributed by atoms with van der Waals surface area (Å²) in [4.78, 5) is 25.2. The fraction of sp³-hybridized carbons (Fsp3) is 0.455. The van der Waals surface area contributed by atoms with Crippen molar-refractivity contribution in [1.29, 1.82) is 0 Å². The fourth-order valence-electron chi connectivity index (χ4n) is 1.95. The molecule has 1 aromatic rings. The second-order valence-corrected chi connectivity index (χ2v) is 5.08. The molecule has 1 amide bonds. The zero-order valence-corrected chi connectivity index (χ0v) is 10.0. The number of carboxylic acid groups (broad SMARTS) is 1. The minimum atomic E-state index is -0.843. The van der Waals surface area contributed by atoms with Crippen LogP contribution >= 0.6 is 11.3 Å². The van der Waals surface area contributed by atoms with E-state index in [1.54, 1.807) is 4.90 Å². The maximum atomic E-state index is 12.0. The van der Waals surface area contributed by atoms with Gasteiger partial charge >= 0.3 is 5.97 Å². The number of thiophene rings is 1. The van der Waals surface area contributed by atoms with Gasteiger partial charge in [0.25, 0.3) is 0 Å². The summed E-state index contributed by atoms with van der Waals surface area (Å²) in [6.45, 7) is 0.752. The van der Waals surface area contributed by atoms with Crippen LogP contribution in [0.15, 0.2) is 17.5 Å². The van der Waals surface area contributed by atoms with Gasteiger partial charge in [0.05, 0.1) is 5.92 Å². The average molecular weight is 254 g/mol. The summed E-state index contributed by atoms with van der Waals surface area (Å²) in [5.41, 5.74) is 5.86. The highest BCUT2D eigenvalue weighted by Gasteiger charge is 2.33. The Labute approximate surface area is 103 Å². The molecule has 5 nitrogen and oxygen atoms in total. The Morgan fingerprint density at radius 2 is 2.35 bits per heavy atom. The molecule has 6 heteroatoms. The average Bonchev–Trinajstić information content (AvgIpc) is 2.97. The number of carboxylic acids is 1. The van der Waals surface area contributed by atoms with Crippen LogP contribution in [0.3, 0.4) is 0 Å². The highest BCUT2D eigenvalue weighted by atomic mass is 32.1. The van der Waals surface area contributed by atoms with E-state index in [1.807, 2.05) is 17.5 Å². The lowest BCUT2D eigenvalue weighted by Crippen LogP contribution is -2.37. The van der Waals surface area contributed by atoms with Gasteiger partial charge in [-0.25, -0.2) is 0 Å². The van der Waals surface area contributed by atoms with E-state index in [9.17, 15) is 9.59 Å².